The van der Waals surface area contributed by atoms with Gasteiger partial charge in [-0.1, -0.05) is 24.4 Å². The van der Waals surface area contributed by atoms with E-state index in [2.05, 4.69) is 14.7 Å². The summed E-state index contributed by atoms with van der Waals surface area (Å²) in [5, 5.41) is 0.207. The zero-order valence-electron chi connectivity index (χ0n) is 9.84. The highest BCUT2D eigenvalue weighted by molar-refractivity contribution is 7.90. The van der Waals surface area contributed by atoms with Gasteiger partial charge in [0.25, 0.3) is 0 Å². The van der Waals surface area contributed by atoms with Gasteiger partial charge in [-0.3, -0.25) is 0 Å². The third-order valence-electron chi connectivity index (χ3n) is 2.75. The van der Waals surface area contributed by atoms with E-state index in [0.717, 1.165) is 25.7 Å². The lowest BCUT2D eigenvalue weighted by molar-refractivity contribution is 0.427. The first kappa shape index (κ1) is 13.5. The number of rotatable bonds is 3. The smallest absolute Gasteiger partial charge is 0.238 e. The van der Waals surface area contributed by atoms with Gasteiger partial charge in [0.1, 0.15) is 5.15 Å². The standard InChI is InChI=1S/C10H15ClN4O2S/c11-9-5-6-12-10(13-9)14-18(16,17)15-7-3-1-2-4-8-15/h5-6H,1-4,7-8H2,(H,12,13,14). The number of nitrogens with one attached hydrogen (secondary N) is 1. The molecule has 1 aliphatic heterocycles. The molecule has 1 fully saturated rings. The predicted octanol–water partition coefficient (Wildman–Crippen LogP) is 1.66. The molecule has 0 bridgehead atoms. The van der Waals surface area contributed by atoms with Gasteiger partial charge in [-0.2, -0.15) is 12.7 Å². The lowest BCUT2D eigenvalue weighted by atomic mass is 10.2. The summed E-state index contributed by atoms with van der Waals surface area (Å²) in [6.45, 7) is 1.08. The number of nitrogens with zero attached hydrogens (tertiary/aromatic N) is 3. The molecule has 1 aromatic heterocycles. The third-order valence-corrected chi connectivity index (χ3v) is 4.44. The molecule has 100 valence electrons. The van der Waals surface area contributed by atoms with Crippen molar-refractivity contribution in [2.45, 2.75) is 25.7 Å². The number of aromatic nitrogens is 2. The average molecular weight is 291 g/mol. The van der Waals surface area contributed by atoms with Crippen molar-refractivity contribution in [1.82, 2.24) is 14.3 Å². The van der Waals surface area contributed by atoms with E-state index in [-0.39, 0.29) is 11.1 Å². The van der Waals surface area contributed by atoms with Gasteiger partial charge in [0.2, 0.25) is 5.95 Å². The van der Waals surface area contributed by atoms with Gasteiger partial charge in [-0.25, -0.2) is 14.7 Å². The highest BCUT2D eigenvalue weighted by atomic mass is 35.5. The summed E-state index contributed by atoms with van der Waals surface area (Å²) in [7, 11) is -3.58. The summed E-state index contributed by atoms with van der Waals surface area (Å²) in [5.74, 6) is 0.00625. The van der Waals surface area contributed by atoms with E-state index in [0.29, 0.717) is 13.1 Å². The molecule has 1 N–H and O–H groups in total. The summed E-state index contributed by atoms with van der Waals surface area (Å²) in [6, 6.07) is 1.49. The minimum absolute atomic E-state index is 0.00625. The van der Waals surface area contributed by atoms with E-state index in [1.54, 1.807) is 0 Å². The number of hydrogen-bond donors (Lipinski definition) is 1. The Morgan fingerprint density at radius 2 is 1.89 bits per heavy atom. The van der Waals surface area contributed by atoms with Crippen molar-refractivity contribution in [3.05, 3.63) is 17.4 Å². The quantitative estimate of drug-likeness (QED) is 0.859. The molecule has 18 heavy (non-hydrogen) atoms. The first-order valence-electron chi connectivity index (χ1n) is 5.84. The Bertz CT molecular complexity index is 500. The van der Waals surface area contributed by atoms with Crippen molar-refractivity contribution in [2.24, 2.45) is 0 Å². The van der Waals surface area contributed by atoms with Crippen LogP contribution in [-0.4, -0.2) is 35.8 Å². The van der Waals surface area contributed by atoms with Crippen LogP contribution in [0.1, 0.15) is 25.7 Å². The lowest BCUT2D eigenvalue weighted by Gasteiger charge is -2.19. The van der Waals surface area contributed by atoms with E-state index < -0.39 is 10.2 Å². The zero-order chi connectivity index (χ0) is 13.0. The van der Waals surface area contributed by atoms with E-state index in [1.807, 2.05) is 0 Å². The molecule has 0 atom stereocenters. The SMILES string of the molecule is O=S(=O)(Nc1nccc(Cl)n1)N1CCCCCC1. The molecule has 0 saturated carbocycles. The maximum absolute atomic E-state index is 12.1. The minimum Gasteiger partial charge on any atom is -0.238 e. The molecule has 8 heteroatoms. The van der Waals surface area contributed by atoms with Crippen LogP contribution >= 0.6 is 11.6 Å². The van der Waals surface area contributed by atoms with E-state index in [1.165, 1.54) is 16.6 Å². The van der Waals surface area contributed by atoms with E-state index in [4.69, 9.17) is 11.6 Å². The van der Waals surface area contributed by atoms with E-state index in [9.17, 15) is 8.42 Å². The van der Waals surface area contributed by atoms with Crippen molar-refractivity contribution >= 4 is 27.8 Å². The summed E-state index contributed by atoms with van der Waals surface area (Å²) in [6.07, 6.45) is 5.32. The molecule has 0 unspecified atom stereocenters. The molecule has 0 aliphatic carbocycles. The molecule has 1 aliphatic rings. The Labute approximate surface area is 112 Å². The normalized spacial score (nSPS) is 18.3. The molecular weight excluding hydrogens is 276 g/mol. The molecule has 6 nitrogen and oxygen atoms in total. The van der Waals surface area contributed by atoms with Crippen molar-refractivity contribution in [3.63, 3.8) is 0 Å². The third kappa shape index (κ3) is 3.54. The molecule has 2 rings (SSSR count). The fourth-order valence-corrected chi connectivity index (χ4v) is 3.18. The number of halogens is 1. The van der Waals surface area contributed by atoms with Crippen LogP contribution in [0.3, 0.4) is 0 Å². The lowest BCUT2D eigenvalue weighted by Crippen LogP contribution is -2.37. The summed E-state index contributed by atoms with van der Waals surface area (Å²) in [4.78, 5) is 7.64. The van der Waals surface area contributed by atoms with Gasteiger partial charge >= 0.3 is 10.2 Å². The van der Waals surface area contributed by atoms with Gasteiger partial charge < -0.3 is 0 Å². The summed E-state index contributed by atoms with van der Waals surface area (Å²) < 4.78 is 28.0. The molecule has 1 aromatic rings. The topological polar surface area (TPSA) is 75.2 Å². The fraction of sp³-hybridized carbons (Fsp3) is 0.600. The van der Waals surface area contributed by atoms with Gasteiger partial charge in [-0.05, 0) is 18.9 Å². The second kappa shape index (κ2) is 5.81. The molecular formula is C10H15ClN4O2S. The Kier molecular flexibility index (Phi) is 4.36. The fourth-order valence-electron chi connectivity index (χ4n) is 1.85. The Morgan fingerprint density at radius 3 is 2.50 bits per heavy atom. The van der Waals surface area contributed by atoms with Gasteiger partial charge in [0.15, 0.2) is 0 Å². The summed E-state index contributed by atoms with van der Waals surface area (Å²) in [5.41, 5.74) is 0. The maximum atomic E-state index is 12.1. The Balaban J connectivity index is 2.10. The van der Waals surface area contributed by atoms with Crippen molar-refractivity contribution in [3.8, 4) is 0 Å². The van der Waals surface area contributed by atoms with Crippen LogP contribution in [0.5, 0.6) is 0 Å². The van der Waals surface area contributed by atoms with Crippen molar-refractivity contribution in [1.29, 1.82) is 0 Å². The molecule has 1 saturated heterocycles. The Hall–Kier alpha value is -0.920. The van der Waals surface area contributed by atoms with Gasteiger partial charge in [0.05, 0.1) is 0 Å². The minimum atomic E-state index is -3.58. The average Bonchev–Trinajstić information content (AvgIpc) is 2.57. The predicted molar refractivity (Wildman–Crippen MR) is 69.6 cm³/mol. The van der Waals surface area contributed by atoms with Crippen LogP contribution < -0.4 is 4.72 Å². The highest BCUT2D eigenvalue weighted by Crippen LogP contribution is 2.15. The second-order valence-corrected chi connectivity index (χ2v) is 6.18. The van der Waals surface area contributed by atoms with Crippen LogP contribution in [0.15, 0.2) is 12.3 Å². The highest BCUT2D eigenvalue weighted by Gasteiger charge is 2.23. The van der Waals surface area contributed by atoms with Crippen molar-refractivity contribution in [2.75, 3.05) is 17.8 Å². The molecule has 0 spiro atoms. The molecule has 0 amide bonds. The molecule has 2 heterocycles. The second-order valence-electron chi connectivity index (χ2n) is 4.12. The van der Waals surface area contributed by atoms with Crippen LogP contribution in [-0.2, 0) is 10.2 Å². The number of hydrogen-bond acceptors (Lipinski definition) is 4. The largest absolute Gasteiger partial charge is 0.303 e. The van der Waals surface area contributed by atoms with Crippen LogP contribution in [0, 0.1) is 0 Å². The van der Waals surface area contributed by atoms with Crippen LogP contribution in [0.4, 0.5) is 5.95 Å². The number of anilines is 1. The molecule has 0 radical (unpaired) electrons. The molecule has 0 aromatic carbocycles. The first-order chi connectivity index (χ1) is 8.58. The first-order valence-corrected chi connectivity index (χ1v) is 7.66. The monoisotopic (exact) mass is 290 g/mol. The van der Waals surface area contributed by atoms with Gasteiger partial charge in [0, 0.05) is 19.3 Å². The summed E-state index contributed by atoms with van der Waals surface area (Å²) >= 11 is 5.69. The van der Waals surface area contributed by atoms with Gasteiger partial charge in [-0.15, -0.1) is 0 Å². The van der Waals surface area contributed by atoms with E-state index >= 15 is 0 Å². The maximum Gasteiger partial charge on any atom is 0.303 e. The Morgan fingerprint density at radius 1 is 1.22 bits per heavy atom. The van der Waals surface area contributed by atoms with Crippen molar-refractivity contribution < 1.29 is 8.42 Å². The van der Waals surface area contributed by atoms with Crippen LogP contribution in [0.2, 0.25) is 5.15 Å². The zero-order valence-corrected chi connectivity index (χ0v) is 11.4. The van der Waals surface area contributed by atoms with Crippen LogP contribution in [0.25, 0.3) is 0 Å².